The Morgan fingerprint density at radius 3 is 2.57 bits per heavy atom. The summed E-state index contributed by atoms with van der Waals surface area (Å²) < 4.78 is 22.5. The zero-order chi connectivity index (χ0) is 24.7. The molecule has 1 N–H and O–H groups in total. The van der Waals surface area contributed by atoms with Crippen LogP contribution in [0.2, 0.25) is 0 Å². The number of benzene rings is 2. The maximum Gasteiger partial charge on any atom is 0.262 e. The zero-order valence-corrected chi connectivity index (χ0v) is 20.7. The van der Waals surface area contributed by atoms with Gasteiger partial charge in [0.1, 0.15) is 17.7 Å². The first-order chi connectivity index (χ1) is 16.7. The number of aromatic nitrogens is 1. The van der Waals surface area contributed by atoms with Crippen molar-refractivity contribution in [1.82, 2.24) is 9.47 Å². The van der Waals surface area contributed by atoms with E-state index in [1.54, 1.807) is 51.2 Å². The molecule has 2 fully saturated rings. The lowest BCUT2D eigenvalue weighted by Gasteiger charge is -2.26. The molecule has 0 amide bonds. The van der Waals surface area contributed by atoms with Crippen LogP contribution in [0, 0.1) is 5.82 Å². The summed E-state index contributed by atoms with van der Waals surface area (Å²) >= 11 is 0. The summed E-state index contributed by atoms with van der Waals surface area (Å²) in [5.41, 5.74) is -0.0953. The topological polar surface area (TPSA) is 57.9 Å². The smallest absolute Gasteiger partial charge is 0.262 e. The van der Waals surface area contributed by atoms with E-state index < -0.39 is 11.7 Å². The van der Waals surface area contributed by atoms with E-state index >= 15 is 4.39 Å². The van der Waals surface area contributed by atoms with E-state index in [9.17, 15) is 9.90 Å². The summed E-state index contributed by atoms with van der Waals surface area (Å²) in [6, 6.07) is 12.6. The number of hydrogen-bond acceptors (Lipinski definition) is 5. The van der Waals surface area contributed by atoms with Gasteiger partial charge in [0, 0.05) is 36.8 Å². The van der Waals surface area contributed by atoms with Crippen molar-refractivity contribution < 1.29 is 14.2 Å². The number of anilines is 1. The lowest BCUT2D eigenvalue weighted by molar-refractivity contribution is -0.0240. The highest BCUT2D eigenvalue weighted by atomic mass is 19.1. The third kappa shape index (κ3) is 4.80. The van der Waals surface area contributed by atoms with Gasteiger partial charge in [0.05, 0.1) is 17.0 Å². The molecule has 2 aromatic carbocycles. The molecule has 0 bridgehead atoms. The molecule has 2 aliphatic heterocycles. The standard InChI is InChI=1S/C28H34FN3O3/c1-19(28(2,3)34)35-23-7-8-24-20(16-23)10-15-32(27(24)33)21-6-9-26(25(29)17-21)31-14-11-22(18-31)30-12-4-5-13-30/h6-10,15-17,19,22,34H,4-5,11-14,18H2,1-3H3/t19?,22-/m1/s1. The van der Waals surface area contributed by atoms with Crippen molar-refractivity contribution in [3.63, 3.8) is 0 Å². The second kappa shape index (κ2) is 9.28. The van der Waals surface area contributed by atoms with Crippen molar-refractivity contribution in [2.24, 2.45) is 0 Å². The number of aliphatic hydroxyl groups is 1. The predicted molar refractivity (Wildman–Crippen MR) is 137 cm³/mol. The molecule has 7 heteroatoms. The van der Waals surface area contributed by atoms with Crippen LogP contribution in [-0.2, 0) is 0 Å². The van der Waals surface area contributed by atoms with E-state index in [4.69, 9.17) is 4.74 Å². The molecule has 186 valence electrons. The molecule has 1 aromatic heterocycles. The van der Waals surface area contributed by atoms with Crippen molar-refractivity contribution in [3.05, 3.63) is 64.8 Å². The van der Waals surface area contributed by atoms with E-state index in [-0.39, 0.29) is 11.4 Å². The summed E-state index contributed by atoms with van der Waals surface area (Å²) in [4.78, 5) is 17.9. The number of likely N-dealkylation sites (tertiary alicyclic amines) is 1. The van der Waals surface area contributed by atoms with Crippen LogP contribution in [0.1, 0.15) is 40.0 Å². The number of halogens is 1. The Labute approximate surface area is 205 Å². The number of nitrogens with zero attached hydrogens (tertiary/aromatic N) is 3. The van der Waals surface area contributed by atoms with Crippen LogP contribution < -0.4 is 15.2 Å². The van der Waals surface area contributed by atoms with Gasteiger partial charge >= 0.3 is 0 Å². The third-order valence-electron chi connectivity index (χ3n) is 7.55. The SMILES string of the molecule is CC(Oc1ccc2c(=O)n(-c3ccc(N4CC[C@@H](N5CCCC5)C4)c(F)c3)ccc2c1)C(C)(C)O. The summed E-state index contributed by atoms with van der Waals surface area (Å²) in [5.74, 6) is 0.276. The minimum Gasteiger partial charge on any atom is -0.488 e. The second-order valence-corrected chi connectivity index (χ2v) is 10.4. The first-order valence-electron chi connectivity index (χ1n) is 12.5. The Morgan fingerprint density at radius 2 is 1.86 bits per heavy atom. The molecule has 0 radical (unpaired) electrons. The number of pyridine rings is 1. The molecule has 0 saturated carbocycles. The molecule has 2 saturated heterocycles. The number of hydrogen-bond donors (Lipinski definition) is 1. The third-order valence-corrected chi connectivity index (χ3v) is 7.55. The van der Waals surface area contributed by atoms with Crippen molar-refractivity contribution in [2.45, 2.75) is 57.8 Å². The van der Waals surface area contributed by atoms with Crippen LogP contribution in [-0.4, -0.2) is 58.5 Å². The van der Waals surface area contributed by atoms with Crippen molar-refractivity contribution in [1.29, 1.82) is 0 Å². The molecule has 1 unspecified atom stereocenters. The van der Waals surface area contributed by atoms with E-state index in [1.807, 2.05) is 12.1 Å². The predicted octanol–water partition coefficient (Wildman–Crippen LogP) is 4.34. The van der Waals surface area contributed by atoms with Crippen LogP contribution in [0.4, 0.5) is 10.1 Å². The van der Waals surface area contributed by atoms with Crippen LogP contribution in [0.15, 0.2) is 53.5 Å². The molecular weight excluding hydrogens is 445 g/mol. The minimum atomic E-state index is -0.987. The molecule has 5 rings (SSSR count). The molecule has 3 heterocycles. The number of ether oxygens (including phenoxy) is 1. The van der Waals surface area contributed by atoms with Gasteiger partial charge in [-0.1, -0.05) is 0 Å². The van der Waals surface area contributed by atoms with Gasteiger partial charge in [0.2, 0.25) is 0 Å². The van der Waals surface area contributed by atoms with Crippen LogP contribution in [0.3, 0.4) is 0 Å². The Morgan fingerprint density at radius 1 is 1.09 bits per heavy atom. The maximum absolute atomic E-state index is 15.2. The molecule has 2 aliphatic rings. The monoisotopic (exact) mass is 479 g/mol. The van der Waals surface area contributed by atoms with Gasteiger partial charge in [-0.3, -0.25) is 14.3 Å². The van der Waals surface area contributed by atoms with E-state index in [0.29, 0.717) is 28.6 Å². The molecule has 2 atom stereocenters. The Balaban J connectivity index is 1.37. The minimum absolute atomic E-state index is 0.216. The van der Waals surface area contributed by atoms with Gasteiger partial charge in [-0.15, -0.1) is 0 Å². The maximum atomic E-state index is 15.2. The average molecular weight is 480 g/mol. The lowest BCUT2D eigenvalue weighted by atomic mass is 10.0. The molecule has 3 aromatic rings. The van der Waals surface area contributed by atoms with Gasteiger partial charge in [-0.2, -0.15) is 0 Å². The van der Waals surface area contributed by atoms with Crippen LogP contribution in [0.5, 0.6) is 5.75 Å². The quantitative estimate of drug-likeness (QED) is 0.570. The zero-order valence-electron chi connectivity index (χ0n) is 20.7. The Kier molecular flexibility index (Phi) is 6.32. The highest BCUT2D eigenvalue weighted by Gasteiger charge is 2.30. The lowest BCUT2D eigenvalue weighted by Crippen LogP contribution is -2.37. The van der Waals surface area contributed by atoms with Gasteiger partial charge in [0.15, 0.2) is 0 Å². The van der Waals surface area contributed by atoms with Crippen LogP contribution in [0.25, 0.3) is 16.5 Å². The second-order valence-electron chi connectivity index (χ2n) is 10.4. The summed E-state index contributed by atoms with van der Waals surface area (Å²) in [5, 5.41) is 11.4. The van der Waals surface area contributed by atoms with Crippen molar-refractivity contribution in [2.75, 3.05) is 31.1 Å². The molecule has 35 heavy (non-hydrogen) atoms. The van der Waals surface area contributed by atoms with Gasteiger partial charge in [0.25, 0.3) is 5.56 Å². The van der Waals surface area contributed by atoms with Gasteiger partial charge in [-0.25, -0.2) is 4.39 Å². The van der Waals surface area contributed by atoms with E-state index in [1.165, 1.54) is 23.5 Å². The normalized spacial score (nSPS) is 20.0. The first-order valence-corrected chi connectivity index (χ1v) is 12.5. The molecular formula is C28H34FN3O3. The Hall–Kier alpha value is -2.90. The van der Waals surface area contributed by atoms with Crippen molar-refractivity contribution in [3.8, 4) is 11.4 Å². The van der Waals surface area contributed by atoms with Gasteiger partial charge in [-0.05, 0) is 94.9 Å². The first kappa shape index (κ1) is 23.8. The number of fused-ring (bicyclic) bond motifs is 1. The summed E-state index contributed by atoms with van der Waals surface area (Å²) in [6.45, 7) is 9.18. The van der Waals surface area contributed by atoms with E-state index in [2.05, 4.69) is 9.80 Å². The molecule has 0 spiro atoms. The van der Waals surface area contributed by atoms with Crippen LogP contribution >= 0.6 is 0 Å². The highest BCUT2D eigenvalue weighted by Crippen LogP contribution is 2.29. The Bertz CT molecular complexity index is 1280. The fraction of sp³-hybridized carbons (Fsp3) is 0.464. The summed E-state index contributed by atoms with van der Waals surface area (Å²) in [7, 11) is 0. The highest BCUT2D eigenvalue weighted by molar-refractivity contribution is 5.83. The number of rotatable bonds is 6. The largest absolute Gasteiger partial charge is 0.488 e. The average Bonchev–Trinajstić information content (AvgIpc) is 3.51. The molecule has 6 nitrogen and oxygen atoms in total. The van der Waals surface area contributed by atoms with E-state index in [0.717, 1.165) is 38.0 Å². The summed E-state index contributed by atoms with van der Waals surface area (Å²) in [6.07, 6.45) is 4.83. The fourth-order valence-corrected chi connectivity index (χ4v) is 5.12. The molecule has 0 aliphatic carbocycles. The van der Waals surface area contributed by atoms with Gasteiger partial charge < -0.3 is 14.7 Å². The fourth-order valence-electron chi connectivity index (χ4n) is 5.12. The van der Waals surface area contributed by atoms with Crippen molar-refractivity contribution >= 4 is 16.5 Å².